The van der Waals surface area contributed by atoms with Gasteiger partial charge in [-0.1, -0.05) is 12.1 Å². The molecule has 2 aromatic rings. The van der Waals surface area contributed by atoms with E-state index in [1.165, 1.54) is 4.90 Å². The molecule has 3 rings (SSSR count). The van der Waals surface area contributed by atoms with E-state index in [0.717, 1.165) is 50.1 Å². The fourth-order valence-electron chi connectivity index (χ4n) is 3.52. The Morgan fingerprint density at radius 3 is 2.71 bits per heavy atom. The average molecular weight is 406 g/mol. The number of benzene rings is 1. The molecule has 1 aliphatic rings. The number of aryl methyl sites for hydroxylation is 1. The maximum Gasteiger partial charge on any atom is 0.217 e. The first-order valence-corrected chi connectivity index (χ1v) is 10.1. The van der Waals surface area contributed by atoms with Gasteiger partial charge in [0.15, 0.2) is 6.67 Å². The predicted molar refractivity (Wildman–Crippen MR) is 110 cm³/mol. The van der Waals surface area contributed by atoms with E-state index in [9.17, 15) is 4.79 Å². The number of nitrogens with zero attached hydrogens (tertiary/aromatic N) is 4. The van der Waals surface area contributed by atoms with Gasteiger partial charge in [0.05, 0.1) is 38.5 Å². The number of nitrogens with two attached hydrogens (primary N) is 1. The van der Waals surface area contributed by atoms with Crippen LogP contribution in [0, 0.1) is 4.77 Å². The van der Waals surface area contributed by atoms with Gasteiger partial charge in [-0.3, -0.25) is 4.79 Å². The summed E-state index contributed by atoms with van der Waals surface area (Å²) in [6.45, 7) is 7.29. The van der Waals surface area contributed by atoms with Crippen molar-refractivity contribution in [3.8, 4) is 5.75 Å². The van der Waals surface area contributed by atoms with Crippen molar-refractivity contribution in [3.05, 3.63) is 34.9 Å². The van der Waals surface area contributed by atoms with E-state index in [1.54, 1.807) is 0 Å². The van der Waals surface area contributed by atoms with Crippen LogP contribution in [0.3, 0.4) is 0 Å². The predicted octanol–water partition coefficient (Wildman–Crippen LogP) is 0.130. The molecule has 0 bridgehead atoms. The summed E-state index contributed by atoms with van der Waals surface area (Å²) in [5.41, 5.74) is 6.41. The summed E-state index contributed by atoms with van der Waals surface area (Å²) in [6, 6.07) is 8.21. The van der Waals surface area contributed by atoms with Crippen LogP contribution in [-0.2, 0) is 24.9 Å². The normalized spacial score (nSPS) is 15.0. The van der Waals surface area contributed by atoms with Gasteiger partial charge in [0.2, 0.25) is 10.7 Å². The number of anilines is 1. The van der Waals surface area contributed by atoms with E-state index < -0.39 is 0 Å². The van der Waals surface area contributed by atoms with E-state index in [2.05, 4.69) is 22.1 Å². The number of rotatable bonds is 8. The van der Waals surface area contributed by atoms with Crippen LogP contribution in [0.5, 0.6) is 5.75 Å². The standard InChI is InChI=1S/C19H28N6O2S/c1-3-27-16-7-5-4-6-15(16)24-12-10-23(11-13-24)14-25-19(28)22(2)18(21-25)9-8-17(20)26/h4-7H,3,8-14H2,1-2H3,(H2,20,26)/p+1. The van der Waals surface area contributed by atoms with Crippen molar-refractivity contribution in [2.45, 2.75) is 26.4 Å². The molecule has 3 N–H and O–H groups in total. The Hall–Kier alpha value is -2.39. The lowest BCUT2D eigenvalue weighted by atomic mass is 10.2. The highest BCUT2D eigenvalue weighted by molar-refractivity contribution is 7.71. The monoisotopic (exact) mass is 405 g/mol. The number of aromatic nitrogens is 3. The average Bonchev–Trinajstić information content (AvgIpc) is 2.96. The number of carbonyl (C=O) groups excluding carboxylic acids is 1. The summed E-state index contributed by atoms with van der Waals surface area (Å²) < 4.78 is 10.2. The number of amides is 1. The van der Waals surface area contributed by atoms with Crippen molar-refractivity contribution in [3.63, 3.8) is 0 Å². The van der Waals surface area contributed by atoms with Crippen LogP contribution in [-0.4, -0.2) is 53.0 Å². The Morgan fingerprint density at radius 1 is 1.32 bits per heavy atom. The van der Waals surface area contributed by atoms with Crippen LogP contribution in [0.1, 0.15) is 19.2 Å². The van der Waals surface area contributed by atoms with Crippen LogP contribution in [0.25, 0.3) is 0 Å². The molecule has 1 aromatic heterocycles. The van der Waals surface area contributed by atoms with Crippen molar-refractivity contribution in [1.29, 1.82) is 0 Å². The van der Waals surface area contributed by atoms with Crippen LogP contribution in [0.2, 0.25) is 0 Å². The SMILES string of the molecule is CCOc1ccccc1N1CC[NH+](Cn2nc(CCC(N)=O)n(C)c2=S)CC1. The van der Waals surface area contributed by atoms with E-state index in [-0.39, 0.29) is 12.3 Å². The topological polar surface area (TPSA) is 82.8 Å². The maximum atomic E-state index is 11.0. The zero-order chi connectivity index (χ0) is 20.1. The van der Waals surface area contributed by atoms with Gasteiger partial charge in [0, 0.05) is 19.9 Å². The highest BCUT2D eigenvalue weighted by Crippen LogP contribution is 2.27. The van der Waals surface area contributed by atoms with E-state index >= 15 is 0 Å². The summed E-state index contributed by atoms with van der Waals surface area (Å²) in [7, 11) is 1.89. The number of piperazine rings is 1. The Kier molecular flexibility index (Phi) is 6.69. The molecule has 0 saturated carbocycles. The van der Waals surface area contributed by atoms with Crippen molar-refractivity contribution in [1.82, 2.24) is 14.3 Å². The molecule has 28 heavy (non-hydrogen) atoms. The second kappa shape index (κ2) is 9.20. The number of para-hydroxylation sites is 2. The molecule has 1 saturated heterocycles. The number of quaternary nitrogens is 1. The van der Waals surface area contributed by atoms with Crippen LogP contribution in [0.15, 0.2) is 24.3 Å². The quantitative estimate of drug-likeness (QED) is 0.610. The first-order chi connectivity index (χ1) is 13.5. The van der Waals surface area contributed by atoms with Gasteiger partial charge in [0.1, 0.15) is 11.6 Å². The van der Waals surface area contributed by atoms with Crippen LogP contribution >= 0.6 is 12.2 Å². The van der Waals surface area contributed by atoms with Crippen LogP contribution < -0.4 is 20.3 Å². The van der Waals surface area contributed by atoms with Gasteiger partial charge in [-0.25, -0.2) is 0 Å². The van der Waals surface area contributed by atoms with Gasteiger partial charge < -0.3 is 24.8 Å². The third-order valence-electron chi connectivity index (χ3n) is 5.08. The van der Waals surface area contributed by atoms with Crippen molar-refractivity contribution in [2.75, 3.05) is 37.7 Å². The molecule has 0 aliphatic carbocycles. The second-order valence-electron chi connectivity index (χ2n) is 7.02. The van der Waals surface area contributed by atoms with Crippen molar-refractivity contribution in [2.24, 2.45) is 12.8 Å². The summed E-state index contributed by atoms with van der Waals surface area (Å²) in [4.78, 5) is 14.9. The third-order valence-corrected chi connectivity index (χ3v) is 5.56. The minimum Gasteiger partial charge on any atom is -0.492 e. The van der Waals surface area contributed by atoms with Gasteiger partial charge in [-0.2, -0.15) is 9.78 Å². The van der Waals surface area contributed by atoms with E-state index in [0.29, 0.717) is 17.8 Å². The zero-order valence-electron chi connectivity index (χ0n) is 16.6. The highest BCUT2D eigenvalue weighted by Gasteiger charge is 2.23. The summed E-state index contributed by atoms with van der Waals surface area (Å²) >= 11 is 5.52. The zero-order valence-corrected chi connectivity index (χ0v) is 17.4. The lowest BCUT2D eigenvalue weighted by molar-refractivity contribution is -0.924. The number of ether oxygens (including phenoxy) is 1. The molecule has 152 valence electrons. The highest BCUT2D eigenvalue weighted by atomic mass is 32.1. The van der Waals surface area contributed by atoms with E-state index in [1.807, 2.05) is 35.4 Å². The van der Waals surface area contributed by atoms with Gasteiger partial charge in [-0.05, 0) is 31.3 Å². The molecule has 1 amide bonds. The van der Waals surface area contributed by atoms with Gasteiger partial charge in [0.25, 0.3) is 0 Å². The molecule has 0 radical (unpaired) electrons. The minimum atomic E-state index is -0.324. The Labute approximate surface area is 170 Å². The van der Waals surface area contributed by atoms with Crippen LogP contribution in [0.4, 0.5) is 5.69 Å². The molecule has 1 aromatic carbocycles. The number of nitrogens with one attached hydrogen (secondary N) is 1. The lowest BCUT2D eigenvalue weighted by Crippen LogP contribution is -3.14. The number of hydrogen-bond donors (Lipinski definition) is 2. The third kappa shape index (κ3) is 4.71. The van der Waals surface area contributed by atoms with Crippen molar-refractivity contribution < 1.29 is 14.4 Å². The molecule has 1 fully saturated rings. The summed E-state index contributed by atoms with van der Waals surface area (Å²) in [5, 5.41) is 4.60. The molecule has 9 heteroatoms. The molecule has 0 atom stereocenters. The van der Waals surface area contributed by atoms with Gasteiger partial charge in [-0.15, -0.1) is 0 Å². The first kappa shape index (κ1) is 20.3. The molecular weight excluding hydrogens is 376 g/mol. The Morgan fingerprint density at radius 2 is 2.04 bits per heavy atom. The molecule has 2 heterocycles. The fraction of sp³-hybridized carbons (Fsp3) is 0.526. The molecule has 8 nitrogen and oxygen atoms in total. The van der Waals surface area contributed by atoms with Crippen molar-refractivity contribution >= 4 is 23.8 Å². The molecule has 1 aliphatic heterocycles. The maximum absolute atomic E-state index is 11.0. The molecular formula is C19H29N6O2S+. The number of carbonyl (C=O) groups is 1. The minimum absolute atomic E-state index is 0.282. The Bertz CT molecular complexity index is 870. The summed E-state index contributed by atoms with van der Waals surface area (Å²) in [6.07, 6.45) is 0.796. The largest absolute Gasteiger partial charge is 0.492 e. The smallest absolute Gasteiger partial charge is 0.217 e. The lowest BCUT2D eigenvalue weighted by Gasteiger charge is -2.34. The van der Waals surface area contributed by atoms with E-state index in [4.69, 9.17) is 22.7 Å². The molecule has 0 unspecified atom stereocenters. The Balaban J connectivity index is 1.61. The fourth-order valence-corrected chi connectivity index (χ4v) is 3.73. The summed E-state index contributed by atoms with van der Waals surface area (Å²) in [5.74, 6) is 1.42. The number of hydrogen-bond acceptors (Lipinski definition) is 5. The first-order valence-electron chi connectivity index (χ1n) is 9.71. The van der Waals surface area contributed by atoms with Gasteiger partial charge >= 0.3 is 0 Å². The molecule has 0 spiro atoms. The second-order valence-corrected chi connectivity index (χ2v) is 7.38. The number of primary amides is 1.